The minimum Gasteiger partial charge on any atom is -0.466 e. The van der Waals surface area contributed by atoms with E-state index in [1.165, 1.54) is 50.7 Å². The molecule has 0 amide bonds. The Labute approximate surface area is 166 Å². The number of hydrogen-bond acceptors (Lipinski definition) is 2. The summed E-state index contributed by atoms with van der Waals surface area (Å²) < 4.78 is 5.37. The van der Waals surface area contributed by atoms with Crippen molar-refractivity contribution in [2.24, 2.45) is 0 Å². The zero-order valence-electron chi connectivity index (χ0n) is 16.7. The van der Waals surface area contributed by atoms with Gasteiger partial charge in [-0.3, -0.25) is 4.79 Å². The van der Waals surface area contributed by atoms with Gasteiger partial charge in [0.1, 0.15) is 0 Å². The Morgan fingerprint density at radius 3 is 2.29 bits per heavy atom. The molecule has 0 saturated heterocycles. The van der Waals surface area contributed by atoms with Crippen LogP contribution in [0.3, 0.4) is 0 Å². The third kappa shape index (κ3) is 3.82. The summed E-state index contributed by atoms with van der Waals surface area (Å²) in [6.07, 6.45) is 6.77. The summed E-state index contributed by atoms with van der Waals surface area (Å²) in [6.45, 7) is 2.75. The van der Waals surface area contributed by atoms with Crippen LogP contribution in [0.15, 0.2) is 54.6 Å². The first-order chi connectivity index (χ1) is 13.8. The van der Waals surface area contributed by atoms with Gasteiger partial charge in [-0.25, -0.2) is 0 Å². The number of carbonyl (C=O) groups excluding carboxylic acids is 1. The molecule has 0 aliphatic heterocycles. The van der Waals surface area contributed by atoms with Crippen molar-refractivity contribution in [3.63, 3.8) is 0 Å². The average molecular weight is 373 g/mol. The fraction of sp³-hybridized carbons (Fsp3) is 0.346. The second kappa shape index (κ2) is 8.60. The van der Waals surface area contributed by atoms with Crippen LogP contribution < -0.4 is 0 Å². The second-order valence-electron chi connectivity index (χ2n) is 7.72. The van der Waals surface area contributed by atoms with E-state index < -0.39 is 0 Å². The van der Waals surface area contributed by atoms with Gasteiger partial charge in [0.05, 0.1) is 6.61 Å². The molecule has 0 radical (unpaired) electrons. The largest absolute Gasteiger partial charge is 0.466 e. The van der Waals surface area contributed by atoms with Crippen LogP contribution in [0.5, 0.6) is 0 Å². The summed E-state index contributed by atoms with van der Waals surface area (Å²) in [5.74, 6) is -0.0609. The summed E-state index contributed by atoms with van der Waals surface area (Å²) in [6, 6.07) is 19.8. The van der Waals surface area contributed by atoms with Gasteiger partial charge >= 0.3 is 5.97 Å². The first-order valence-corrected chi connectivity index (χ1v) is 10.6. The number of benzene rings is 4. The lowest BCUT2D eigenvalue weighted by Gasteiger charge is -2.13. The number of esters is 1. The third-order valence-electron chi connectivity index (χ3n) is 5.71. The van der Waals surface area contributed by atoms with Gasteiger partial charge in [0.25, 0.3) is 0 Å². The van der Waals surface area contributed by atoms with Crippen molar-refractivity contribution in [2.45, 2.75) is 51.9 Å². The molecule has 0 heterocycles. The lowest BCUT2D eigenvalue weighted by Crippen LogP contribution is -2.06. The van der Waals surface area contributed by atoms with Crippen molar-refractivity contribution in [1.82, 2.24) is 0 Å². The van der Waals surface area contributed by atoms with E-state index in [1.807, 2.05) is 0 Å². The van der Waals surface area contributed by atoms with Gasteiger partial charge in [-0.1, -0.05) is 80.8 Å². The van der Waals surface area contributed by atoms with E-state index in [0.29, 0.717) is 13.0 Å². The van der Waals surface area contributed by atoms with Gasteiger partial charge in [-0.05, 0) is 57.1 Å². The zero-order chi connectivity index (χ0) is 19.3. The summed E-state index contributed by atoms with van der Waals surface area (Å²) in [5.41, 5.74) is 1.32. The van der Waals surface area contributed by atoms with Gasteiger partial charge in [-0.2, -0.15) is 0 Å². The zero-order valence-corrected chi connectivity index (χ0v) is 16.7. The normalized spacial score (nSPS) is 11.6. The molecule has 0 aromatic heterocycles. The number of aryl methyl sites for hydroxylation is 1. The summed E-state index contributed by atoms with van der Waals surface area (Å²) >= 11 is 0. The Morgan fingerprint density at radius 2 is 1.50 bits per heavy atom. The molecule has 0 saturated carbocycles. The number of rotatable bonds is 9. The molecule has 0 aliphatic carbocycles. The lowest BCUT2D eigenvalue weighted by atomic mass is 9.90. The van der Waals surface area contributed by atoms with Crippen molar-refractivity contribution >= 4 is 38.3 Å². The van der Waals surface area contributed by atoms with Crippen molar-refractivity contribution in [2.75, 3.05) is 6.61 Å². The molecule has 0 bridgehead atoms. The highest BCUT2D eigenvalue weighted by Crippen LogP contribution is 2.36. The van der Waals surface area contributed by atoms with Crippen molar-refractivity contribution in [1.29, 1.82) is 0 Å². The Hall–Kier alpha value is -2.61. The molecular formula is C26H28O2. The van der Waals surface area contributed by atoms with E-state index >= 15 is 0 Å². The van der Waals surface area contributed by atoms with Gasteiger partial charge in [0.2, 0.25) is 0 Å². The minimum atomic E-state index is -0.0609. The molecule has 0 spiro atoms. The van der Waals surface area contributed by atoms with Crippen molar-refractivity contribution < 1.29 is 9.53 Å². The molecule has 0 unspecified atom stereocenters. The van der Waals surface area contributed by atoms with Crippen molar-refractivity contribution in [3.8, 4) is 0 Å². The fourth-order valence-electron chi connectivity index (χ4n) is 4.22. The van der Waals surface area contributed by atoms with Crippen molar-refractivity contribution in [3.05, 3.63) is 60.2 Å². The number of unbranched alkanes of at least 4 members (excludes halogenated alkanes) is 3. The van der Waals surface area contributed by atoms with Gasteiger partial charge in [0.15, 0.2) is 0 Å². The van der Waals surface area contributed by atoms with E-state index in [1.54, 1.807) is 0 Å². The summed E-state index contributed by atoms with van der Waals surface area (Å²) in [4.78, 5) is 12.0. The fourth-order valence-corrected chi connectivity index (χ4v) is 4.22. The minimum absolute atomic E-state index is 0.0609. The SMILES string of the molecule is CCCCCCOC(=O)CCCc1ccc2ccc3cccc4ccc1c2c34. The molecule has 0 atom stereocenters. The Kier molecular flexibility index (Phi) is 5.76. The van der Waals surface area contributed by atoms with E-state index in [-0.39, 0.29) is 5.97 Å². The third-order valence-corrected chi connectivity index (χ3v) is 5.71. The first kappa shape index (κ1) is 18.7. The molecule has 4 rings (SSSR count). The predicted molar refractivity (Wildman–Crippen MR) is 118 cm³/mol. The highest BCUT2D eigenvalue weighted by atomic mass is 16.5. The average Bonchev–Trinajstić information content (AvgIpc) is 2.72. The molecule has 0 aliphatic rings. The van der Waals surface area contributed by atoms with Crippen LogP contribution in [0, 0.1) is 0 Å². The van der Waals surface area contributed by atoms with Gasteiger partial charge in [0, 0.05) is 6.42 Å². The maximum atomic E-state index is 12.0. The van der Waals surface area contributed by atoms with Crippen LogP contribution in [0.4, 0.5) is 0 Å². The molecule has 4 aromatic rings. The van der Waals surface area contributed by atoms with E-state index in [0.717, 1.165) is 25.7 Å². The Morgan fingerprint density at radius 1 is 0.786 bits per heavy atom. The Balaban J connectivity index is 1.45. The maximum absolute atomic E-state index is 12.0. The number of ether oxygens (including phenoxy) is 1. The second-order valence-corrected chi connectivity index (χ2v) is 7.72. The molecule has 28 heavy (non-hydrogen) atoms. The standard InChI is InChI=1S/C26H28O2/c1-2-3-4-5-18-28-24(27)11-7-8-19-12-13-22-15-14-20-9-6-10-21-16-17-23(19)26(22)25(20)21/h6,9-10,12-17H,2-5,7-8,11,18H2,1H3. The number of hydrogen-bond donors (Lipinski definition) is 0. The topological polar surface area (TPSA) is 26.3 Å². The predicted octanol–water partition coefficient (Wildman–Crippen LogP) is 7.03. The van der Waals surface area contributed by atoms with Crippen LogP contribution in [-0.2, 0) is 16.0 Å². The van der Waals surface area contributed by atoms with E-state index in [2.05, 4.69) is 61.5 Å². The summed E-state index contributed by atoms with van der Waals surface area (Å²) in [7, 11) is 0. The van der Waals surface area contributed by atoms with Gasteiger partial charge < -0.3 is 4.74 Å². The van der Waals surface area contributed by atoms with Crippen LogP contribution in [0.25, 0.3) is 32.3 Å². The van der Waals surface area contributed by atoms with E-state index in [9.17, 15) is 4.79 Å². The van der Waals surface area contributed by atoms with E-state index in [4.69, 9.17) is 4.74 Å². The molecular weight excluding hydrogens is 344 g/mol. The molecule has 0 fully saturated rings. The smallest absolute Gasteiger partial charge is 0.305 e. The van der Waals surface area contributed by atoms with Crippen LogP contribution in [-0.4, -0.2) is 12.6 Å². The highest BCUT2D eigenvalue weighted by Gasteiger charge is 2.11. The Bertz CT molecular complexity index is 1060. The molecule has 144 valence electrons. The quantitative estimate of drug-likeness (QED) is 0.179. The van der Waals surface area contributed by atoms with Crippen LogP contribution in [0.2, 0.25) is 0 Å². The lowest BCUT2D eigenvalue weighted by molar-refractivity contribution is -0.143. The molecule has 2 nitrogen and oxygen atoms in total. The van der Waals surface area contributed by atoms with Crippen LogP contribution in [0.1, 0.15) is 51.0 Å². The highest BCUT2D eigenvalue weighted by molar-refractivity contribution is 6.23. The number of carbonyl (C=O) groups is 1. The maximum Gasteiger partial charge on any atom is 0.305 e. The monoisotopic (exact) mass is 372 g/mol. The van der Waals surface area contributed by atoms with Crippen LogP contribution >= 0.6 is 0 Å². The molecule has 0 N–H and O–H groups in total. The first-order valence-electron chi connectivity index (χ1n) is 10.6. The van der Waals surface area contributed by atoms with Gasteiger partial charge in [-0.15, -0.1) is 0 Å². The molecule has 4 aromatic carbocycles. The molecule has 2 heteroatoms. The summed E-state index contributed by atoms with van der Waals surface area (Å²) in [5, 5.41) is 7.89.